The first-order chi connectivity index (χ1) is 32.5. The third-order valence-electron chi connectivity index (χ3n) is 11.9. The van der Waals surface area contributed by atoms with Crippen molar-refractivity contribution in [3.05, 3.63) is 72.9 Å². The van der Waals surface area contributed by atoms with E-state index in [-0.39, 0.29) is 31.1 Å². The molecule has 0 bridgehead atoms. The Balaban J connectivity index is 4.44. The Labute approximate surface area is 408 Å². The Kier molecular flexibility index (Phi) is 51.9. The molecule has 0 aromatic carbocycles. The lowest BCUT2D eigenvalue weighted by atomic mass is 10.1. The maximum atomic E-state index is 12.8. The van der Waals surface area contributed by atoms with Gasteiger partial charge < -0.3 is 14.2 Å². The summed E-state index contributed by atoms with van der Waals surface area (Å²) in [7, 11) is 0. The van der Waals surface area contributed by atoms with Crippen molar-refractivity contribution in [1.82, 2.24) is 0 Å². The van der Waals surface area contributed by atoms with Crippen molar-refractivity contribution in [1.29, 1.82) is 0 Å². The fourth-order valence-corrected chi connectivity index (χ4v) is 7.65. The quantitative estimate of drug-likeness (QED) is 0.0262. The van der Waals surface area contributed by atoms with Crippen LogP contribution in [0, 0.1) is 0 Å². The summed E-state index contributed by atoms with van der Waals surface area (Å²) in [5, 5.41) is 0. The Morgan fingerprint density at radius 2 is 0.545 bits per heavy atom. The van der Waals surface area contributed by atoms with Crippen LogP contribution in [0.3, 0.4) is 0 Å². The molecule has 0 aliphatic heterocycles. The van der Waals surface area contributed by atoms with Gasteiger partial charge in [-0.3, -0.25) is 14.4 Å². The van der Waals surface area contributed by atoms with Gasteiger partial charge in [-0.1, -0.05) is 209 Å². The SMILES string of the molecule is CCCCC/C=C\C/C=C\CCCCCCCCC(=O)OCC(COC(=O)CCCCCCCC/C=C\C/C=C\CCCCC)OC(=O)CCCCCCCC/C=C\C/C=C\CCCCC. The number of hydrogen-bond acceptors (Lipinski definition) is 6. The Bertz CT molecular complexity index is 1180. The summed E-state index contributed by atoms with van der Waals surface area (Å²) < 4.78 is 16.8. The highest BCUT2D eigenvalue weighted by Crippen LogP contribution is 2.14. The zero-order valence-electron chi connectivity index (χ0n) is 43.4. The fourth-order valence-electron chi connectivity index (χ4n) is 7.65. The topological polar surface area (TPSA) is 78.9 Å². The molecule has 0 saturated heterocycles. The maximum absolute atomic E-state index is 12.8. The van der Waals surface area contributed by atoms with Crippen LogP contribution in [0.5, 0.6) is 0 Å². The molecule has 0 aliphatic carbocycles. The number of carbonyl (C=O) groups excluding carboxylic acids is 3. The van der Waals surface area contributed by atoms with Crippen molar-refractivity contribution < 1.29 is 28.6 Å². The first kappa shape index (κ1) is 62.8. The lowest BCUT2D eigenvalue weighted by molar-refractivity contribution is -0.167. The second-order valence-electron chi connectivity index (χ2n) is 18.5. The summed E-state index contributed by atoms with van der Waals surface area (Å²) in [4.78, 5) is 38.1. The molecule has 0 saturated carbocycles. The normalized spacial score (nSPS) is 12.2. The van der Waals surface area contributed by atoms with E-state index in [4.69, 9.17) is 14.2 Å². The monoisotopic (exact) mass is 921 g/mol. The van der Waals surface area contributed by atoms with Gasteiger partial charge in [0, 0.05) is 19.3 Å². The van der Waals surface area contributed by atoms with E-state index < -0.39 is 6.10 Å². The highest BCUT2D eigenvalue weighted by atomic mass is 16.6. The second kappa shape index (κ2) is 54.5. The summed E-state index contributed by atoms with van der Waals surface area (Å²) >= 11 is 0. The van der Waals surface area contributed by atoms with Crippen molar-refractivity contribution in [2.45, 2.75) is 277 Å². The van der Waals surface area contributed by atoms with Gasteiger partial charge >= 0.3 is 17.9 Å². The molecule has 380 valence electrons. The highest BCUT2D eigenvalue weighted by Gasteiger charge is 2.19. The largest absolute Gasteiger partial charge is 0.462 e. The molecule has 0 N–H and O–H groups in total. The van der Waals surface area contributed by atoms with Crippen LogP contribution in [0.25, 0.3) is 0 Å². The van der Waals surface area contributed by atoms with Crippen LogP contribution in [0.2, 0.25) is 0 Å². The van der Waals surface area contributed by atoms with E-state index in [1.165, 1.54) is 135 Å². The maximum Gasteiger partial charge on any atom is 0.306 e. The van der Waals surface area contributed by atoms with E-state index >= 15 is 0 Å². The van der Waals surface area contributed by atoms with E-state index in [1.807, 2.05) is 0 Å². The van der Waals surface area contributed by atoms with Gasteiger partial charge in [0.2, 0.25) is 0 Å². The Hall–Kier alpha value is -3.15. The van der Waals surface area contributed by atoms with Crippen LogP contribution < -0.4 is 0 Å². The van der Waals surface area contributed by atoms with Gasteiger partial charge in [0.05, 0.1) is 0 Å². The van der Waals surface area contributed by atoms with Crippen molar-refractivity contribution in [2.75, 3.05) is 13.2 Å². The zero-order valence-corrected chi connectivity index (χ0v) is 43.4. The molecule has 0 unspecified atom stereocenters. The van der Waals surface area contributed by atoms with Crippen LogP contribution >= 0.6 is 0 Å². The van der Waals surface area contributed by atoms with Gasteiger partial charge in [-0.15, -0.1) is 0 Å². The average molecular weight is 921 g/mol. The molecule has 6 nitrogen and oxygen atoms in total. The lowest BCUT2D eigenvalue weighted by Gasteiger charge is -2.18. The van der Waals surface area contributed by atoms with Crippen LogP contribution in [0.15, 0.2) is 72.9 Å². The number of rotatable bonds is 50. The molecular weight excluding hydrogens is 817 g/mol. The van der Waals surface area contributed by atoms with Gasteiger partial charge in [0.15, 0.2) is 6.10 Å². The van der Waals surface area contributed by atoms with Crippen molar-refractivity contribution in [2.24, 2.45) is 0 Å². The van der Waals surface area contributed by atoms with Gasteiger partial charge in [-0.2, -0.15) is 0 Å². The number of hydrogen-bond donors (Lipinski definition) is 0. The van der Waals surface area contributed by atoms with Crippen molar-refractivity contribution >= 4 is 17.9 Å². The van der Waals surface area contributed by atoms with E-state index in [2.05, 4.69) is 93.7 Å². The molecule has 0 aromatic rings. The lowest BCUT2D eigenvalue weighted by Crippen LogP contribution is -2.30. The number of unbranched alkanes of at least 4 members (excludes halogenated alkanes) is 27. The van der Waals surface area contributed by atoms with Crippen molar-refractivity contribution in [3.8, 4) is 0 Å². The molecule has 6 heteroatoms. The van der Waals surface area contributed by atoms with Gasteiger partial charge in [0.1, 0.15) is 13.2 Å². The van der Waals surface area contributed by atoms with E-state index in [0.29, 0.717) is 19.3 Å². The molecule has 0 atom stereocenters. The summed E-state index contributed by atoms with van der Waals surface area (Å²) in [5.41, 5.74) is 0. The van der Waals surface area contributed by atoms with Crippen molar-refractivity contribution in [3.63, 3.8) is 0 Å². The van der Waals surface area contributed by atoms with Crippen LogP contribution in [-0.2, 0) is 28.6 Å². The minimum atomic E-state index is -0.790. The van der Waals surface area contributed by atoms with Gasteiger partial charge in [-0.05, 0) is 116 Å². The van der Waals surface area contributed by atoms with Crippen LogP contribution in [-0.4, -0.2) is 37.2 Å². The molecular formula is C60H104O6. The van der Waals surface area contributed by atoms with E-state index in [0.717, 1.165) is 96.3 Å². The molecule has 0 spiro atoms. The number of ether oxygens (including phenoxy) is 3. The summed E-state index contributed by atoms with van der Waals surface area (Å²) in [6, 6.07) is 0. The molecule has 66 heavy (non-hydrogen) atoms. The summed E-state index contributed by atoms with van der Waals surface area (Å²) in [6.07, 6.45) is 68.8. The molecule has 0 rings (SSSR count). The first-order valence-corrected chi connectivity index (χ1v) is 27.9. The molecule has 0 amide bonds. The summed E-state index contributed by atoms with van der Waals surface area (Å²) in [6.45, 7) is 6.55. The molecule has 0 radical (unpaired) electrons. The molecule has 0 heterocycles. The Morgan fingerprint density at radius 3 is 0.833 bits per heavy atom. The first-order valence-electron chi connectivity index (χ1n) is 27.9. The van der Waals surface area contributed by atoms with Crippen LogP contribution in [0.1, 0.15) is 271 Å². The second-order valence-corrected chi connectivity index (χ2v) is 18.5. The minimum Gasteiger partial charge on any atom is -0.462 e. The number of carbonyl (C=O) groups is 3. The molecule has 0 aromatic heterocycles. The van der Waals surface area contributed by atoms with Crippen LogP contribution in [0.4, 0.5) is 0 Å². The average Bonchev–Trinajstić information content (AvgIpc) is 3.31. The number of allylic oxidation sites excluding steroid dienone is 12. The molecule has 0 aliphatic rings. The number of esters is 3. The van der Waals surface area contributed by atoms with E-state index in [9.17, 15) is 14.4 Å². The third kappa shape index (κ3) is 51.8. The van der Waals surface area contributed by atoms with Gasteiger partial charge in [-0.25, -0.2) is 0 Å². The highest BCUT2D eigenvalue weighted by molar-refractivity contribution is 5.71. The van der Waals surface area contributed by atoms with E-state index in [1.54, 1.807) is 0 Å². The third-order valence-corrected chi connectivity index (χ3v) is 11.9. The van der Waals surface area contributed by atoms with Gasteiger partial charge in [0.25, 0.3) is 0 Å². The zero-order chi connectivity index (χ0) is 47.9. The predicted molar refractivity (Wildman–Crippen MR) is 284 cm³/mol. The Morgan fingerprint density at radius 1 is 0.303 bits per heavy atom. The summed E-state index contributed by atoms with van der Waals surface area (Å²) in [5.74, 6) is -0.913. The minimum absolute atomic E-state index is 0.0886. The fraction of sp³-hybridized carbons (Fsp3) is 0.750. The predicted octanol–water partition coefficient (Wildman–Crippen LogP) is 18.6. The molecule has 0 fully saturated rings. The smallest absolute Gasteiger partial charge is 0.306 e. The standard InChI is InChI=1S/C60H104O6/c1-4-7-10-13-16-19-22-25-28-31-34-37-40-43-46-49-52-58(61)64-55-57(66-60(63)54-51-48-45-42-39-36-33-30-27-24-21-18-15-12-9-6-3)56-65-59(62)53-50-47-44-41-38-35-32-29-26-23-20-17-14-11-8-5-2/h16-21,25-30,57H,4-15,22-24,31-56H2,1-3H3/b19-16-,20-17-,21-18-,28-25-,29-26-,30-27-.